The average molecular weight is 270 g/mol. The monoisotopic (exact) mass is 270 g/mol. The Kier molecular flexibility index (Phi) is 3.30. The molecule has 104 valence electrons. The molecule has 0 saturated heterocycles. The van der Waals surface area contributed by atoms with Gasteiger partial charge in [0.2, 0.25) is 0 Å². The second-order valence-electron chi connectivity index (χ2n) is 5.84. The third kappa shape index (κ3) is 2.46. The number of nitrogens with two attached hydrogens (primary N) is 1. The summed E-state index contributed by atoms with van der Waals surface area (Å²) in [6.45, 7) is 1.72. The van der Waals surface area contributed by atoms with E-state index in [9.17, 15) is 4.39 Å². The Balaban J connectivity index is 2.29. The van der Waals surface area contributed by atoms with Gasteiger partial charge in [0.25, 0.3) is 0 Å². The number of hydrogen-bond acceptors (Lipinski definition) is 2. The van der Waals surface area contributed by atoms with Crippen LogP contribution in [0.1, 0.15) is 26.2 Å². The second-order valence-corrected chi connectivity index (χ2v) is 5.84. The average Bonchev–Trinajstić information content (AvgIpc) is 2.42. The van der Waals surface area contributed by atoms with Gasteiger partial charge in [-0.05, 0) is 49.6 Å². The van der Waals surface area contributed by atoms with E-state index in [1.807, 2.05) is 31.2 Å². The van der Waals surface area contributed by atoms with Crippen molar-refractivity contribution in [3.63, 3.8) is 0 Å². The summed E-state index contributed by atoms with van der Waals surface area (Å²) in [5.41, 5.74) is 8.10. The molecule has 0 saturated carbocycles. The number of aromatic nitrogens is 1. The van der Waals surface area contributed by atoms with Crippen LogP contribution in [-0.2, 0) is 0 Å². The van der Waals surface area contributed by atoms with Crippen LogP contribution in [0.2, 0.25) is 0 Å². The summed E-state index contributed by atoms with van der Waals surface area (Å²) < 4.78 is 12.5. The molecule has 1 aromatic heterocycles. The van der Waals surface area contributed by atoms with E-state index in [2.05, 4.69) is 12.1 Å². The van der Waals surface area contributed by atoms with Crippen molar-refractivity contribution in [2.24, 2.45) is 5.73 Å². The van der Waals surface area contributed by atoms with Gasteiger partial charge in [0.1, 0.15) is 0 Å². The summed E-state index contributed by atoms with van der Waals surface area (Å²) in [4.78, 5) is 4.72. The zero-order valence-corrected chi connectivity index (χ0v) is 11.7. The van der Waals surface area contributed by atoms with Crippen LogP contribution in [0.3, 0.4) is 0 Å². The van der Waals surface area contributed by atoms with Gasteiger partial charge in [0.05, 0.1) is 17.5 Å². The predicted octanol–water partition coefficient (Wildman–Crippen LogP) is 2.04. The number of hydrogen-bond donors (Lipinski definition) is 1. The fraction of sp³-hybridized carbons (Fsp3) is 0.353. The first-order chi connectivity index (χ1) is 9.59. The maximum atomic E-state index is 12.5. The maximum Gasteiger partial charge on any atom is 0.0897 e. The SMILES string of the molecule is CC1(N)C=c2nc3ccccc3cc2=C(CCCF)C1. The molecular weight excluding hydrogens is 251 g/mol. The molecule has 0 aliphatic heterocycles. The topological polar surface area (TPSA) is 38.9 Å². The zero-order valence-electron chi connectivity index (χ0n) is 11.7. The lowest BCUT2D eigenvalue weighted by molar-refractivity contribution is 0.473. The molecule has 3 rings (SSSR count). The minimum absolute atomic E-state index is 0.287. The van der Waals surface area contributed by atoms with Crippen molar-refractivity contribution in [3.8, 4) is 0 Å². The number of alkyl halides is 1. The van der Waals surface area contributed by atoms with Gasteiger partial charge >= 0.3 is 0 Å². The molecule has 0 amide bonds. The highest BCUT2D eigenvalue weighted by Gasteiger charge is 2.22. The van der Waals surface area contributed by atoms with E-state index < -0.39 is 5.54 Å². The first-order valence-electron chi connectivity index (χ1n) is 7.05. The van der Waals surface area contributed by atoms with Gasteiger partial charge in [0.15, 0.2) is 0 Å². The van der Waals surface area contributed by atoms with E-state index in [0.717, 1.165) is 34.3 Å². The molecule has 2 N–H and O–H groups in total. The van der Waals surface area contributed by atoms with Crippen LogP contribution in [0.15, 0.2) is 30.3 Å². The van der Waals surface area contributed by atoms with Gasteiger partial charge < -0.3 is 5.73 Å². The molecule has 0 radical (unpaired) electrons. The van der Waals surface area contributed by atoms with Crippen molar-refractivity contribution in [2.75, 3.05) is 6.67 Å². The number of rotatable bonds is 3. The van der Waals surface area contributed by atoms with Crippen LogP contribution >= 0.6 is 0 Å². The van der Waals surface area contributed by atoms with Crippen LogP contribution in [0.5, 0.6) is 0 Å². The van der Waals surface area contributed by atoms with Crippen molar-refractivity contribution in [2.45, 2.75) is 31.7 Å². The van der Waals surface area contributed by atoms with E-state index >= 15 is 0 Å². The Bertz CT molecular complexity index is 762. The quantitative estimate of drug-likeness (QED) is 0.927. The highest BCUT2D eigenvalue weighted by Crippen LogP contribution is 2.22. The van der Waals surface area contributed by atoms with Gasteiger partial charge in [-0.2, -0.15) is 0 Å². The van der Waals surface area contributed by atoms with E-state index in [1.165, 1.54) is 5.57 Å². The van der Waals surface area contributed by atoms with Crippen molar-refractivity contribution in [1.82, 2.24) is 4.98 Å². The summed E-state index contributed by atoms with van der Waals surface area (Å²) in [5.74, 6) is 0. The molecule has 2 aromatic rings. The fourth-order valence-electron chi connectivity index (χ4n) is 2.95. The molecule has 0 fully saturated rings. The van der Waals surface area contributed by atoms with Crippen LogP contribution in [0, 0.1) is 0 Å². The van der Waals surface area contributed by atoms with Crippen LogP contribution < -0.4 is 16.3 Å². The smallest absolute Gasteiger partial charge is 0.0897 e. The van der Waals surface area contributed by atoms with Crippen LogP contribution in [-0.4, -0.2) is 17.2 Å². The molecule has 3 heteroatoms. The fourth-order valence-corrected chi connectivity index (χ4v) is 2.95. The predicted molar refractivity (Wildman–Crippen MR) is 81.3 cm³/mol. The molecule has 1 aliphatic rings. The van der Waals surface area contributed by atoms with Gasteiger partial charge in [-0.15, -0.1) is 0 Å². The van der Waals surface area contributed by atoms with Gasteiger partial charge in [-0.1, -0.05) is 23.8 Å². The summed E-state index contributed by atoms with van der Waals surface area (Å²) in [6, 6.07) is 10.2. The number of pyridine rings is 1. The van der Waals surface area contributed by atoms with Crippen molar-refractivity contribution in [3.05, 3.63) is 40.9 Å². The Morgan fingerprint density at radius 1 is 1.35 bits per heavy atom. The van der Waals surface area contributed by atoms with Crippen molar-refractivity contribution < 1.29 is 4.39 Å². The minimum Gasteiger partial charge on any atom is -0.322 e. The third-order valence-electron chi connectivity index (χ3n) is 3.81. The van der Waals surface area contributed by atoms with E-state index in [-0.39, 0.29) is 6.67 Å². The lowest BCUT2D eigenvalue weighted by atomic mass is 9.86. The second kappa shape index (κ2) is 4.98. The van der Waals surface area contributed by atoms with E-state index in [0.29, 0.717) is 6.42 Å². The first-order valence-corrected chi connectivity index (χ1v) is 7.05. The van der Waals surface area contributed by atoms with E-state index in [4.69, 9.17) is 10.7 Å². The highest BCUT2D eigenvalue weighted by molar-refractivity contribution is 5.79. The maximum absolute atomic E-state index is 12.5. The van der Waals surface area contributed by atoms with Crippen LogP contribution in [0.4, 0.5) is 4.39 Å². The lowest BCUT2D eigenvalue weighted by Crippen LogP contribution is -2.45. The third-order valence-corrected chi connectivity index (χ3v) is 3.81. The molecule has 1 unspecified atom stereocenters. The zero-order chi connectivity index (χ0) is 14.2. The Labute approximate surface area is 117 Å². The standard InChI is InChI=1S/C17H19FN2/c1-17(19)10-13(6-4-8-18)14-9-12-5-2-3-7-15(12)20-16(14)11-17/h2-3,5,7,9,11H,4,6,8,10,19H2,1H3. The number of para-hydroxylation sites is 1. The highest BCUT2D eigenvalue weighted by atomic mass is 19.1. The summed E-state index contributed by atoms with van der Waals surface area (Å²) in [7, 11) is 0. The lowest BCUT2D eigenvalue weighted by Gasteiger charge is -2.25. The minimum atomic E-state index is -0.395. The number of fused-ring (bicyclic) bond motifs is 2. The van der Waals surface area contributed by atoms with E-state index in [1.54, 1.807) is 0 Å². The molecule has 20 heavy (non-hydrogen) atoms. The molecule has 1 aromatic carbocycles. The Morgan fingerprint density at radius 3 is 2.95 bits per heavy atom. The molecule has 1 heterocycles. The Morgan fingerprint density at radius 2 is 2.15 bits per heavy atom. The van der Waals surface area contributed by atoms with Crippen molar-refractivity contribution in [1.29, 1.82) is 0 Å². The first kappa shape index (κ1) is 13.3. The molecular formula is C17H19FN2. The number of benzene rings is 1. The number of halogens is 1. The summed E-state index contributed by atoms with van der Waals surface area (Å²) in [5, 5.41) is 3.20. The van der Waals surface area contributed by atoms with Gasteiger partial charge in [-0.25, -0.2) is 4.98 Å². The molecule has 1 atom stereocenters. The molecule has 0 bridgehead atoms. The summed E-state index contributed by atoms with van der Waals surface area (Å²) in [6.07, 6.45) is 4.12. The largest absolute Gasteiger partial charge is 0.322 e. The molecule has 0 spiro atoms. The molecule has 1 aliphatic carbocycles. The van der Waals surface area contributed by atoms with Crippen molar-refractivity contribution >= 4 is 22.6 Å². The summed E-state index contributed by atoms with van der Waals surface area (Å²) >= 11 is 0. The normalized spacial score (nSPS) is 21.6. The van der Waals surface area contributed by atoms with Crippen LogP contribution in [0.25, 0.3) is 22.6 Å². The van der Waals surface area contributed by atoms with Gasteiger partial charge in [0, 0.05) is 10.9 Å². The Hall–Kier alpha value is -1.74. The molecule has 2 nitrogen and oxygen atoms in total. The number of nitrogens with zero attached hydrogens (tertiary/aromatic N) is 1. The van der Waals surface area contributed by atoms with Gasteiger partial charge in [-0.3, -0.25) is 4.39 Å².